The van der Waals surface area contributed by atoms with E-state index in [2.05, 4.69) is 37.9 Å². The van der Waals surface area contributed by atoms with Gasteiger partial charge in [0.2, 0.25) is 8.32 Å². The van der Waals surface area contributed by atoms with Gasteiger partial charge < -0.3 is 83.6 Å². The van der Waals surface area contributed by atoms with Crippen LogP contribution in [0.25, 0.3) is 0 Å². The molecule has 0 saturated carbocycles. The minimum atomic E-state index is -4.38. The molecule has 0 spiro atoms. The molecule has 0 amide bonds. The van der Waals surface area contributed by atoms with Gasteiger partial charge >= 0.3 is 110 Å². The van der Waals surface area contributed by atoms with Crippen molar-refractivity contribution in [3.8, 4) is 0 Å². The van der Waals surface area contributed by atoms with Crippen molar-refractivity contribution in [1.29, 1.82) is 0 Å². The van der Waals surface area contributed by atoms with E-state index in [-0.39, 0.29) is 43.4 Å². The Morgan fingerprint density at radius 2 is 0.464 bits per heavy atom. The number of carbonyl (C=O) groups excluding carboxylic acids is 14. The van der Waals surface area contributed by atoms with Crippen molar-refractivity contribution in [1.82, 2.24) is 0 Å². The van der Waals surface area contributed by atoms with Crippen LogP contribution in [0.15, 0.2) is 85.1 Å². The predicted molar refractivity (Wildman–Crippen MR) is 300 cm³/mol. The summed E-state index contributed by atoms with van der Waals surface area (Å²) in [5.41, 5.74) is 0. The molecule has 0 aliphatic heterocycles. The Hall–Kier alpha value is -8.53. The van der Waals surface area contributed by atoms with E-state index in [9.17, 15) is 67.1 Å². The summed E-state index contributed by atoms with van der Waals surface area (Å²) in [7, 11) is -4.24. The lowest BCUT2D eigenvalue weighted by Crippen LogP contribution is -2.46. The van der Waals surface area contributed by atoms with Crippen LogP contribution in [0.3, 0.4) is 0 Å². The fourth-order valence-electron chi connectivity index (χ4n) is 3.28. The van der Waals surface area contributed by atoms with Gasteiger partial charge in [-0.1, -0.05) is 37.1 Å². The third-order valence-corrected chi connectivity index (χ3v) is 12.5. The van der Waals surface area contributed by atoms with Crippen LogP contribution in [0.1, 0.15) is 37.1 Å². The zero-order valence-electron chi connectivity index (χ0n) is 44.7. The zero-order valence-corrected chi connectivity index (χ0v) is 48.7. The van der Waals surface area contributed by atoms with E-state index in [1.54, 1.807) is 7.11 Å². The van der Waals surface area contributed by atoms with Crippen LogP contribution in [0.2, 0.25) is 32.7 Å². The molecule has 0 unspecified atom stereocenters. The second-order valence-electron chi connectivity index (χ2n) is 14.3. The molecular formula is C48H80O32Si4. The van der Waals surface area contributed by atoms with E-state index < -0.39 is 124 Å². The van der Waals surface area contributed by atoms with Crippen molar-refractivity contribution in [2.24, 2.45) is 0 Å². The van der Waals surface area contributed by atoms with Gasteiger partial charge in [-0.25, -0.2) is 67.1 Å². The lowest BCUT2D eigenvalue weighted by atomic mass is 10.5. The highest BCUT2D eigenvalue weighted by Crippen LogP contribution is 2.13. The summed E-state index contributed by atoms with van der Waals surface area (Å²) in [6, 6.07) is 0. The maximum Gasteiger partial charge on any atom is 0.702 e. The maximum atomic E-state index is 11.8. The van der Waals surface area contributed by atoms with Crippen LogP contribution in [0, 0.1) is 0 Å². The summed E-state index contributed by atoms with van der Waals surface area (Å²) in [6.45, 7) is 7.74. The highest BCUT2D eigenvalue weighted by molar-refractivity contribution is 6.71. The van der Waals surface area contributed by atoms with Crippen LogP contribution in [0.5, 0.6) is 0 Å². The van der Waals surface area contributed by atoms with Gasteiger partial charge in [0.1, 0.15) is 6.23 Å². The van der Waals surface area contributed by atoms with Crippen molar-refractivity contribution < 1.29 is 151 Å². The Labute approximate surface area is 491 Å². The number of hydrogen-bond donors (Lipinski definition) is 3. The van der Waals surface area contributed by atoms with E-state index in [0.717, 1.165) is 116 Å². The minimum Gasteiger partial charge on any atom is -0.482 e. The first-order valence-electron chi connectivity index (χ1n) is 21.0. The molecule has 84 heavy (non-hydrogen) atoms. The quantitative estimate of drug-likeness (QED) is 0.0528. The van der Waals surface area contributed by atoms with Crippen molar-refractivity contribution in [2.45, 2.75) is 69.9 Å². The highest BCUT2D eigenvalue weighted by Gasteiger charge is 2.47. The fourth-order valence-corrected chi connectivity index (χ4v) is 6.80. The van der Waals surface area contributed by atoms with E-state index in [1.807, 2.05) is 13.1 Å². The molecule has 0 aliphatic rings. The van der Waals surface area contributed by atoms with Crippen LogP contribution in [-0.2, 0) is 136 Å². The molecule has 0 saturated heterocycles. The molecule has 0 bridgehead atoms. The molecular weight excluding hydrogens is 1200 g/mol. The SMILES string of the molecule is C.C.C.C.C.COC(=O)/C=C/C(=O)OC[Si](C)(C)OC.COC(=O)/C=C/C(=O)OC[Si](O)(O)O.COC(=O)/C=C/C(=O)O[Si](C)(C)OC(=O)/C=C/C(=O)OC.COC(=O)/C=C/C(=O)O[Si](C)(OC(=O)/C=C/C(=O)OC)OC(=O)/C=C/C(=O)OC. The van der Waals surface area contributed by atoms with Gasteiger partial charge in [0.25, 0.3) is 0 Å². The molecule has 0 fully saturated rings. The standard InChI is InChI=1S/C16H18O12Si.C12H16O8Si.C9H16O5Si.C6H10O7Si.5CH4/c1-23-11(17)5-8-14(20)26-29(4,27-15(21)9-6-12(18)24-2)28-16(22)10-7-13(19)25-3;1-17-9(13)5-7-11(15)19-21(3,4)20-12(16)8-6-10(14)18-2;1-12-8(10)5-6-9(11)14-7-15(3,4)13-2;1-12-5(7)2-3-6(8)13-4-14(9,10)11;;;;;/h5-10H,1-4H3;5-8H,1-4H3;5-6H,7H2,1-4H3;2-3,9-11H,4H2,1H3;5*1H4/b8-5+,9-6+,10-7+;7-5+,8-6+;6-5+;3-2+;;;;;. The largest absolute Gasteiger partial charge is 0.702 e. The summed E-state index contributed by atoms with van der Waals surface area (Å²) in [6.07, 6.45) is 10.5. The second-order valence-corrected chi connectivity index (χ2v) is 25.9. The normalized spacial score (nSPS) is 10.6. The summed E-state index contributed by atoms with van der Waals surface area (Å²) in [5.74, 6) is -12.2. The Morgan fingerprint density at radius 1 is 0.286 bits per heavy atom. The molecule has 32 nitrogen and oxygen atoms in total. The number of ether oxygens (including phenoxy) is 9. The predicted octanol–water partition coefficient (Wildman–Crippen LogP) is 1.15. The summed E-state index contributed by atoms with van der Waals surface area (Å²) < 4.78 is 68.7. The number of esters is 9. The number of hydrogen-bond acceptors (Lipinski definition) is 32. The van der Waals surface area contributed by atoms with E-state index in [0.29, 0.717) is 18.2 Å². The van der Waals surface area contributed by atoms with Gasteiger partial charge in [-0.05, 0) is 13.1 Å². The van der Waals surface area contributed by atoms with Gasteiger partial charge in [-0.2, -0.15) is 0 Å². The monoisotopic (exact) mass is 1280 g/mol. The highest BCUT2D eigenvalue weighted by atomic mass is 28.4. The number of carbonyl (C=O) groups is 14. The first-order valence-corrected chi connectivity index (χ1v) is 31.2. The third-order valence-electron chi connectivity index (χ3n) is 6.97. The lowest BCUT2D eigenvalue weighted by Gasteiger charge is -2.22. The molecule has 0 aliphatic carbocycles. The molecule has 0 aromatic rings. The van der Waals surface area contributed by atoms with Crippen molar-refractivity contribution in [3.05, 3.63) is 85.1 Å². The molecule has 36 heteroatoms. The maximum absolute atomic E-state index is 11.8. The van der Waals surface area contributed by atoms with Gasteiger partial charge in [-0.15, -0.1) is 0 Å². The molecule has 480 valence electrons. The third kappa shape index (κ3) is 59.6. The minimum absolute atomic E-state index is 0. The summed E-state index contributed by atoms with van der Waals surface area (Å²) in [4.78, 5) is 181. The van der Waals surface area contributed by atoms with Gasteiger partial charge in [-0.3, -0.25) is 0 Å². The number of methoxy groups -OCH3 is 7. The van der Waals surface area contributed by atoms with Gasteiger partial charge in [0.15, 0.2) is 6.23 Å². The molecule has 0 heterocycles. The smallest absolute Gasteiger partial charge is 0.482 e. The van der Waals surface area contributed by atoms with Crippen molar-refractivity contribution in [2.75, 3.05) is 69.3 Å². The van der Waals surface area contributed by atoms with E-state index in [4.69, 9.17) is 45.7 Å². The molecule has 0 radical (unpaired) electrons. The van der Waals surface area contributed by atoms with Crippen LogP contribution in [-0.4, -0.2) is 202 Å². The Kier molecular flexibility index (Phi) is 57.9. The van der Waals surface area contributed by atoms with Gasteiger partial charge in [0.05, 0.1) is 49.8 Å². The lowest BCUT2D eigenvalue weighted by molar-refractivity contribution is -0.146. The second kappa shape index (κ2) is 51.4. The molecule has 3 N–H and O–H groups in total. The Balaban J connectivity index is -0.000000130. The average Bonchev–Trinajstić information content (AvgIpc) is 3.38. The summed E-state index contributed by atoms with van der Waals surface area (Å²) in [5, 5.41) is 0. The number of rotatable bonds is 24. The average molecular weight is 1280 g/mol. The molecule has 0 aromatic carbocycles. The van der Waals surface area contributed by atoms with E-state index >= 15 is 0 Å². The van der Waals surface area contributed by atoms with Gasteiger partial charge in [0, 0.05) is 112 Å². The molecule has 0 aromatic heterocycles. The Bertz CT molecular complexity index is 2200. The van der Waals surface area contributed by atoms with Crippen LogP contribution in [0.4, 0.5) is 0 Å². The zero-order chi connectivity index (χ0) is 62.0. The van der Waals surface area contributed by atoms with Crippen LogP contribution < -0.4 is 0 Å². The fraction of sp³-hybridized carbons (Fsp3) is 0.417. The van der Waals surface area contributed by atoms with E-state index in [1.165, 1.54) is 20.2 Å². The van der Waals surface area contributed by atoms with Crippen LogP contribution >= 0.6 is 0 Å². The van der Waals surface area contributed by atoms with Crippen molar-refractivity contribution in [3.63, 3.8) is 0 Å². The first kappa shape index (κ1) is 94.7. The summed E-state index contributed by atoms with van der Waals surface area (Å²) >= 11 is 0. The first-order chi connectivity index (χ1) is 36.5. The molecule has 0 atom stereocenters. The molecule has 0 rings (SSSR count). The van der Waals surface area contributed by atoms with Crippen molar-refractivity contribution >= 4 is 118 Å². The Morgan fingerprint density at radius 3 is 0.655 bits per heavy atom. The topological polar surface area (TPSA) is 438 Å².